The minimum absolute atomic E-state index is 0.00125. The Kier molecular flexibility index (Phi) is 2.41. The van der Waals surface area contributed by atoms with Gasteiger partial charge in [-0.3, -0.25) is 9.59 Å². The molecular weight excluding hydrogens is 184 g/mol. The molecule has 5 heteroatoms. The van der Waals surface area contributed by atoms with Gasteiger partial charge in [0.1, 0.15) is 0 Å². The molecule has 78 valence electrons. The average molecular weight is 198 g/mol. The molecule has 0 aliphatic carbocycles. The van der Waals surface area contributed by atoms with Gasteiger partial charge in [-0.05, 0) is 6.42 Å². The maximum Gasteiger partial charge on any atom is 0.225 e. The van der Waals surface area contributed by atoms with Crippen LogP contribution in [0, 0.1) is 0 Å². The average Bonchev–Trinajstić information content (AvgIpc) is 2.47. The second kappa shape index (κ2) is 3.57. The molecule has 2 atom stereocenters. The lowest BCUT2D eigenvalue weighted by molar-refractivity contribution is -0.132. The topological polar surface area (TPSA) is 69.6 Å². The number of aliphatic hydroxyl groups excluding tert-OH is 1. The van der Waals surface area contributed by atoms with Crippen LogP contribution in [0.3, 0.4) is 0 Å². The number of nitrogens with zero attached hydrogens (tertiary/aromatic N) is 1. The number of piperidine rings is 1. The van der Waals surface area contributed by atoms with Crippen LogP contribution in [0.1, 0.15) is 19.3 Å². The van der Waals surface area contributed by atoms with Crippen molar-refractivity contribution in [3.05, 3.63) is 0 Å². The van der Waals surface area contributed by atoms with E-state index in [2.05, 4.69) is 5.32 Å². The van der Waals surface area contributed by atoms with Crippen LogP contribution in [-0.2, 0) is 9.59 Å². The summed E-state index contributed by atoms with van der Waals surface area (Å²) in [6.07, 6.45) is 0.888. The van der Waals surface area contributed by atoms with Gasteiger partial charge in [0, 0.05) is 25.6 Å². The van der Waals surface area contributed by atoms with E-state index in [0.717, 1.165) is 0 Å². The molecule has 0 aromatic heterocycles. The van der Waals surface area contributed by atoms with Crippen molar-refractivity contribution in [3.63, 3.8) is 0 Å². The fourth-order valence-corrected chi connectivity index (χ4v) is 2.05. The molecule has 2 aliphatic rings. The summed E-state index contributed by atoms with van der Waals surface area (Å²) in [5.74, 6) is 0.0482. The number of amides is 2. The van der Waals surface area contributed by atoms with Gasteiger partial charge in [-0.2, -0.15) is 0 Å². The van der Waals surface area contributed by atoms with Crippen molar-refractivity contribution >= 4 is 11.8 Å². The van der Waals surface area contributed by atoms with Gasteiger partial charge in [0.25, 0.3) is 0 Å². The third kappa shape index (κ3) is 1.72. The van der Waals surface area contributed by atoms with Gasteiger partial charge in [0.15, 0.2) is 0 Å². The van der Waals surface area contributed by atoms with Gasteiger partial charge in [0.2, 0.25) is 11.8 Å². The summed E-state index contributed by atoms with van der Waals surface area (Å²) >= 11 is 0. The fourth-order valence-electron chi connectivity index (χ4n) is 2.05. The summed E-state index contributed by atoms with van der Waals surface area (Å²) in [5, 5.41) is 12.0. The maximum absolute atomic E-state index is 11.4. The third-order valence-electron chi connectivity index (χ3n) is 2.82. The molecule has 0 bridgehead atoms. The van der Waals surface area contributed by atoms with E-state index < -0.39 is 6.10 Å². The Hall–Kier alpha value is -1.10. The van der Waals surface area contributed by atoms with E-state index in [1.54, 1.807) is 4.90 Å². The van der Waals surface area contributed by atoms with E-state index in [9.17, 15) is 14.7 Å². The van der Waals surface area contributed by atoms with Crippen LogP contribution in [0.25, 0.3) is 0 Å². The van der Waals surface area contributed by atoms with Crippen LogP contribution in [0.4, 0.5) is 0 Å². The summed E-state index contributed by atoms with van der Waals surface area (Å²) in [4.78, 5) is 24.0. The number of nitrogens with one attached hydrogen (secondary N) is 1. The second-order valence-corrected chi connectivity index (χ2v) is 3.90. The fraction of sp³-hybridized carbons (Fsp3) is 0.778. The highest BCUT2D eigenvalue weighted by atomic mass is 16.3. The zero-order valence-electron chi connectivity index (χ0n) is 7.90. The Morgan fingerprint density at radius 2 is 2.21 bits per heavy atom. The minimum Gasteiger partial charge on any atom is -0.391 e. The van der Waals surface area contributed by atoms with Gasteiger partial charge in [0.05, 0.1) is 12.5 Å². The maximum atomic E-state index is 11.4. The van der Waals surface area contributed by atoms with E-state index in [0.29, 0.717) is 25.9 Å². The predicted molar refractivity (Wildman–Crippen MR) is 48.4 cm³/mol. The van der Waals surface area contributed by atoms with Crippen LogP contribution in [0.5, 0.6) is 0 Å². The van der Waals surface area contributed by atoms with Crippen LogP contribution < -0.4 is 5.32 Å². The number of carbonyl (C=O) groups is 2. The summed E-state index contributed by atoms with van der Waals surface area (Å²) in [6.45, 7) is 0.941. The lowest BCUT2D eigenvalue weighted by Crippen LogP contribution is -2.48. The Morgan fingerprint density at radius 3 is 2.71 bits per heavy atom. The number of hydrogen-bond donors (Lipinski definition) is 2. The number of rotatable bonds is 1. The molecular formula is C9H14N2O3. The Balaban J connectivity index is 1.95. The standard InChI is InChI=1S/C9H14N2O3/c12-7-3-9(14)11(5-7)6-1-2-8(13)10-4-6/h6-7,12H,1-5H2,(H,10,13). The number of β-amino-alcohol motifs (C(OH)–C–C–N with tert-alkyl or cyclic N) is 1. The smallest absolute Gasteiger partial charge is 0.225 e. The molecule has 2 amide bonds. The number of aliphatic hydroxyl groups is 1. The van der Waals surface area contributed by atoms with Gasteiger partial charge in [-0.15, -0.1) is 0 Å². The molecule has 2 heterocycles. The third-order valence-corrected chi connectivity index (χ3v) is 2.82. The van der Waals surface area contributed by atoms with Crippen LogP contribution in [0.2, 0.25) is 0 Å². The van der Waals surface area contributed by atoms with E-state index >= 15 is 0 Å². The normalized spacial score (nSPS) is 33.4. The monoisotopic (exact) mass is 198 g/mol. The molecule has 14 heavy (non-hydrogen) atoms. The zero-order chi connectivity index (χ0) is 10.1. The molecule has 2 aliphatic heterocycles. The first-order chi connectivity index (χ1) is 6.66. The largest absolute Gasteiger partial charge is 0.391 e. The van der Waals surface area contributed by atoms with Crippen molar-refractivity contribution < 1.29 is 14.7 Å². The van der Waals surface area contributed by atoms with Crippen molar-refractivity contribution in [2.24, 2.45) is 0 Å². The molecule has 0 aromatic rings. The highest BCUT2D eigenvalue weighted by Crippen LogP contribution is 2.18. The zero-order valence-corrected chi connectivity index (χ0v) is 7.90. The first-order valence-corrected chi connectivity index (χ1v) is 4.91. The van der Waals surface area contributed by atoms with Crippen molar-refractivity contribution in [2.45, 2.75) is 31.4 Å². The second-order valence-electron chi connectivity index (χ2n) is 3.90. The summed E-state index contributed by atoms with van der Waals surface area (Å²) in [7, 11) is 0. The highest BCUT2D eigenvalue weighted by Gasteiger charge is 2.34. The quantitative estimate of drug-likeness (QED) is 0.559. The lowest BCUT2D eigenvalue weighted by atomic mass is 10.1. The molecule has 2 fully saturated rings. The Labute approximate surface area is 82.1 Å². The first-order valence-electron chi connectivity index (χ1n) is 4.91. The van der Waals surface area contributed by atoms with E-state index in [1.807, 2.05) is 0 Å². The molecule has 2 unspecified atom stereocenters. The summed E-state index contributed by atoms with van der Waals surface area (Å²) in [6, 6.07) is 0.0809. The van der Waals surface area contributed by atoms with E-state index in [4.69, 9.17) is 0 Å². The minimum atomic E-state index is -0.528. The summed E-state index contributed by atoms with van der Waals surface area (Å²) in [5.41, 5.74) is 0. The molecule has 0 spiro atoms. The van der Waals surface area contributed by atoms with Crippen molar-refractivity contribution in [1.82, 2.24) is 10.2 Å². The van der Waals surface area contributed by atoms with Crippen molar-refractivity contribution in [3.8, 4) is 0 Å². The molecule has 2 saturated heterocycles. The van der Waals surface area contributed by atoms with Crippen LogP contribution in [0.15, 0.2) is 0 Å². The number of hydrogen-bond acceptors (Lipinski definition) is 3. The Bertz CT molecular complexity index is 257. The molecule has 0 aromatic carbocycles. The Morgan fingerprint density at radius 1 is 1.43 bits per heavy atom. The van der Waals surface area contributed by atoms with Crippen LogP contribution in [-0.4, -0.2) is 47.1 Å². The molecule has 2 rings (SSSR count). The molecule has 0 saturated carbocycles. The first kappa shape index (κ1) is 9.45. The highest BCUT2D eigenvalue weighted by molar-refractivity contribution is 5.80. The van der Waals surface area contributed by atoms with Crippen molar-refractivity contribution in [1.29, 1.82) is 0 Å². The van der Waals surface area contributed by atoms with Crippen molar-refractivity contribution in [2.75, 3.05) is 13.1 Å². The van der Waals surface area contributed by atoms with E-state index in [-0.39, 0.29) is 24.3 Å². The number of likely N-dealkylation sites (tertiary alicyclic amines) is 1. The molecule has 0 radical (unpaired) electrons. The molecule has 2 N–H and O–H groups in total. The van der Waals surface area contributed by atoms with Gasteiger partial charge in [-0.1, -0.05) is 0 Å². The van der Waals surface area contributed by atoms with Crippen LogP contribution >= 0.6 is 0 Å². The molecule has 5 nitrogen and oxygen atoms in total. The number of carbonyl (C=O) groups excluding carboxylic acids is 2. The SMILES string of the molecule is O=C1CCC(N2CC(O)CC2=O)CN1. The lowest BCUT2D eigenvalue weighted by Gasteiger charge is -2.31. The van der Waals surface area contributed by atoms with Gasteiger partial charge < -0.3 is 15.3 Å². The van der Waals surface area contributed by atoms with Gasteiger partial charge >= 0.3 is 0 Å². The van der Waals surface area contributed by atoms with E-state index in [1.165, 1.54) is 0 Å². The summed E-state index contributed by atoms with van der Waals surface area (Å²) < 4.78 is 0. The predicted octanol–water partition coefficient (Wildman–Crippen LogP) is -1.14. The van der Waals surface area contributed by atoms with Gasteiger partial charge in [-0.25, -0.2) is 0 Å².